The number of nitrogens with one attached hydrogen (secondary N) is 1. The zero-order valence-corrected chi connectivity index (χ0v) is 18.4. The van der Waals surface area contributed by atoms with Crippen LogP contribution in [0.4, 0.5) is 0 Å². The van der Waals surface area contributed by atoms with Crippen molar-refractivity contribution >= 4 is 34.8 Å². The summed E-state index contributed by atoms with van der Waals surface area (Å²) in [5.41, 5.74) is 1.57. The Kier molecular flexibility index (Phi) is 6.54. The van der Waals surface area contributed by atoms with Crippen molar-refractivity contribution in [2.75, 3.05) is 5.75 Å². The molecule has 0 radical (unpaired) electrons. The van der Waals surface area contributed by atoms with E-state index in [1.807, 2.05) is 58.0 Å². The van der Waals surface area contributed by atoms with Crippen LogP contribution in [0.3, 0.4) is 0 Å². The molecule has 0 saturated heterocycles. The van der Waals surface area contributed by atoms with Crippen LogP contribution in [0, 0.1) is 12.3 Å². The molecule has 0 aliphatic heterocycles. The monoisotopic (exact) mass is 429 g/mol. The van der Waals surface area contributed by atoms with E-state index in [2.05, 4.69) is 15.5 Å². The highest BCUT2D eigenvalue weighted by Crippen LogP contribution is 2.25. The number of hydrogen-bond donors (Lipinski definition) is 1. The molecule has 0 fully saturated rings. The topological polar surface area (TPSA) is 85.1 Å². The normalized spacial score (nSPS) is 11.4. The highest BCUT2D eigenvalue weighted by Gasteiger charge is 2.21. The van der Waals surface area contributed by atoms with Crippen molar-refractivity contribution in [3.8, 4) is 11.5 Å². The summed E-state index contributed by atoms with van der Waals surface area (Å²) in [5, 5.41) is 11.3. The standard InChI is InChI=1S/C21H23N3O3S2/c1-13-5-7-14(8-6-13)18-23-24-20(27-18)28-12-16(25)17-10-9-15(29-17)11-22-19(26)21(2,3)4/h5-10H,11-12H2,1-4H3,(H,22,26). The molecule has 1 N–H and O–H groups in total. The first-order chi connectivity index (χ1) is 13.7. The van der Waals surface area contributed by atoms with E-state index in [4.69, 9.17) is 4.42 Å². The molecular formula is C21H23N3O3S2. The predicted molar refractivity (Wildman–Crippen MR) is 115 cm³/mol. The van der Waals surface area contributed by atoms with Gasteiger partial charge in [-0.25, -0.2) is 0 Å². The number of thiophene rings is 1. The first-order valence-corrected chi connectivity index (χ1v) is 11.0. The van der Waals surface area contributed by atoms with Crippen LogP contribution in [-0.2, 0) is 11.3 Å². The van der Waals surface area contributed by atoms with Gasteiger partial charge in [0.1, 0.15) is 0 Å². The van der Waals surface area contributed by atoms with Gasteiger partial charge < -0.3 is 9.73 Å². The fourth-order valence-electron chi connectivity index (χ4n) is 2.33. The number of amides is 1. The molecule has 0 saturated carbocycles. The van der Waals surface area contributed by atoms with Gasteiger partial charge in [0.05, 0.1) is 17.2 Å². The van der Waals surface area contributed by atoms with Crippen molar-refractivity contribution in [3.05, 3.63) is 51.7 Å². The zero-order valence-electron chi connectivity index (χ0n) is 16.8. The maximum absolute atomic E-state index is 12.5. The third-order valence-electron chi connectivity index (χ3n) is 4.07. The SMILES string of the molecule is Cc1ccc(-c2nnc(SCC(=O)c3ccc(CNC(=O)C(C)(C)C)s3)o2)cc1. The Morgan fingerprint density at radius 2 is 1.83 bits per heavy atom. The molecule has 8 heteroatoms. The van der Waals surface area contributed by atoms with Crippen LogP contribution >= 0.6 is 23.1 Å². The van der Waals surface area contributed by atoms with Gasteiger partial charge in [-0.15, -0.1) is 21.5 Å². The van der Waals surface area contributed by atoms with Crippen LogP contribution in [0.1, 0.15) is 40.9 Å². The zero-order chi connectivity index (χ0) is 21.0. The van der Waals surface area contributed by atoms with Crippen molar-refractivity contribution < 1.29 is 14.0 Å². The second-order valence-electron chi connectivity index (χ2n) is 7.65. The van der Waals surface area contributed by atoms with E-state index in [1.54, 1.807) is 6.07 Å². The van der Waals surface area contributed by atoms with Crippen molar-refractivity contribution in [2.24, 2.45) is 5.41 Å². The largest absolute Gasteiger partial charge is 0.411 e. The minimum atomic E-state index is -0.436. The molecular weight excluding hydrogens is 406 g/mol. The Labute approximate surface area is 178 Å². The van der Waals surface area contributed by atoms with Crippen LogP contribution in [0.5, 0.6) is 0 Å². The number of thioether (sulfide) groups is 1. The number of benzene rings is 1. The van der Waals surface area contributed by atoms with Gasteiger partial charge in [-0.2, -0.15) is 0 Å². The Morgan fingerprint density at radius 3 is 2.52 bits per heavy atom. The summed E-state index contributed by atoms with van der Waals surface area (Å²) in [7, 11) is 0. The molecule has 0 bridgehead atoms. The van der Waals surface area contributed by atoms with E-state index < -0.39 is 5.41 Å². The second kappa shape index (κ2) is 8.92. The second-order valence-corrected chi connectivity index (χ2v) is 9.74. The van der Waals surface area contributed by atoms with Gasteiger partial charge in [-0.3, -0.25) is 9.59 Å². The lowest BCUT2D eigenvalue weighted by Crippen LogP contribution is -2.34. The third-order valence-corrected chi connectivity index (χ3v) is 6.02. The van der Waals surface area contributed by atoms with Crippen molar-refractivity contribution in [2.45, 2.75) is 39.5 Å². The van der Waals surface area contributed by atoms with E-state index in [1.165, 1.54) is 23.1 Å². The Bertz CT molecular complexity index is 1000. The van der Waals surface area contributed by atoms with Crippen LogP contribution in [0.25, 0.3) is 11.5 Å². The number of aryl methyl sites for hydroxylation is 1. The number of carbonyl (C=O) groups is 2. The Hall–Kier alpha value is -2.45. The number of carbonyl (C=O) groups excluding carboxylic acids is 2. The molecule has 6 nitrogen and oxygen atoms in total. The number of Topliss-reactive ketones (excluding diaryl/α,β-unsaturated/α-hetero) is 1. The predicted octanol–water partition coefficient (Wildman–Crippen LogP) is 4.74. The maximum atomic E-state index is 12.5. The minimum absolute atomic E-state index is 0.0107. The highest BCUT2D eigenvalue weighted by atomic mass is 32.2. The van der Waals surface area contributed by atoms with E-state index in [9.17, 15) is 9.59 Å². The molecule has 29 heavy (non-hydrogen) atoms. The van der Waals surface area contributed by atoms with Crippen LogP contribution in [-0.4, -0.2) is 27.6 Å². The summed E-state index contributed by atoms with van der Waals surface area (Å²) in [6, 6.07) is 11.5. The molecule has 0 spiro atoms. The lowest BCUT2D eigenvalue weighted by atomic mass is 9.96. The Morgan fingerprint density at radius 1 is 1.10 bits per heavy atom. The first kappa shape index (κ1) is 21.3. The Balaban J connectivity index is 1.53. The lowest BCUT2D eigenvalue weighted by Gasteiger charge is -2.17. The molecule has 3 aromatic rings. The summed E-state index contributed by atoms with van der Waals surface area (Å²) in [6.45, 7) is 8.03. The maximum Gasteiger partial charge on any atom is 0.277 e. The van der Waals surface area contributed by atoms with Crippen LogP contribution in [0.2, 0.25) is 0 Å². The smallest absolute Gasteiger partial charge is 0.277 e. The van der Waals surface area contributed by atoms with Gasteiger partial charge in [-0.1, -0.05) is 50.2 Å². The summed E-state index contributed by atoms with van der Waals surface area (Å²) in [6.07, 6.45) is 0. The van der Waals surface area contributed by atoms with Gasteiger partial charge in [0.25, 0.3) is 5.22 Å². The third kappa shape index (κ3) is 5.77. The van der Waals surface area contributed by atoms with Crippen LogP contribution < -0.4 is 5.32 Å². The van der Waals surface area contributed by atoms with Gasteiger partial charge in [0.15, 0.2) is 5.78 Å². The van der Waals surface area contributed by atoms with Gasteiger partial charge >= 0.3 is 0 Å². The molecule has 2 heterocycles. The summed E-state index contributed by atoms with van der Waals surface area (Å²) < 4.78 is 5.64. The van der Waals surface area contributed by atoms with E-state index in [0.29, 0.717) is 22.5 Å². The molecule has 0 aliphatic carbocycles. The van der Waals surface area contributed by atoms with E-state index in [0.717, 1.165) is 16.0 Å². The van der Waals surface area contributed by atoms with E-state index in [-0.39, 0.29) is 17.4 Å². The van der Waals surface area contributed by atoms with Crippen molar-refractivity contribution in [3.63, 3.8) is 0 Å². The van der Waals surface area contributed by atoms with Gasteiger partial charge in [0.2, 0.25) is 11.8 Å². The average molecular weight is 430 g/mol. The molecule has 0 atom stereocenters. The van der Waals surface area contributed by atoms with E-state index >= 15 is 0 Å². The average Bonchev–Trinajstić information content (AvgIpc) is 3.34. The summed E-state index contributed by atoms with van der Waals surface area (Å²) in [5.74, 6) is 0.621. The molecule has 152 valence electrons. The summed E-state index contributed by atoms with van der Waals surface area (Å²) in [4.78, 5) is 26.0. The molecule has 2 aromatic heterocycles. The lowest BCUT2D eigenvalue weighted by molar-refractivity contribution is -0.128. The number of nitrogens with zero attached hydrogens (tertiary/aromatic N) is 2. The fraction of sp³-hybridized carbons (Fsp3) is 0.333. The van der Waals surface area contributed by atoms with Gasteiger partial charge in [0, 0.05) is 15.9 Å². The van der Waals surface area contributed by atoms with Crippen molar-refractivity contribution in [1.82, 2.24) is 15.5 Å². The number of rotatable bonds is 7. The minimum Gasteiger partial charge on any atom is -0.411 e. The summed E-state index contributed by atoms with van der Waals surface area (Å²) >= 11 is 2.61. The van der Waals surface area contributed by atoms with Crippen LogP contribution in [0.15, 0.2) is 46.0 Å². The molecule has 0 aliphatic rings. The quantitative estimate of drug-likeness (QED) is 0.431. The molecule has 1 amide bonds. The van der Waals surface area contributed by atoms with Crippen molar-refractivity contribution in [1.29, 1.82) is 0 Å². The molecule has 3 rings (SSSR count). The molecule has 0 unspecified atom stereocenters. The number of hydrogen-bond acceptors (Lipinski definition) is 7. The van der Waals surface area contributed by atoms with Gasteiger partial charge in [-0.05, 0) is 31.2 Å². The highest BCUT2D eigenvalue weighted by molar-refractivity contribution is 7.99. The fourth-order valence-corrected chi connectivity index (χ4v) is 3.96. The number of ketones is 1. The number of aromatic nitrogens is 2. The molecule has 1 aromatic carbocycles. The first-order valence-electron chi connectivity index (χ1n) is 9.16.